The maximum absolute atomic E-state index is 12.9. The fourth-order valence-electron chi connectivity index (χ4n) is 2.51. The van der Waals surface area contributed by atoms with Crippen LogP contribution in [0.1, 0.15) is 36.2 Å². The van der Waals surface area contributed by atoms with Crippen LogP contribution in [0.25, 0.3) is 0 Å². The molecule has 0 radical (unpaired) electrons. The molecule has 0 fully saturated rings. The van der Waals surface area contributed by atoms with Gasteiger partial charge < -0.3 is 5.32 Å². The van der Waals surface area contributed by atoms with Crippen LogP contribution in [0.4, 0.5) is 0 Å². The predicted molar refractivity (Wildman–Crippen MR) is 108 cm³/mol. The number of carbonyl (C=O) groups is 1. The van der Waals surface area contributed by atoms with Crippen molar-refractivity contribution in [2.45, 2.75) is 37.8 Å². The van der Waals surface area contributed by atoms with Gasteiger partial charge >= 0.3 is 0 Å². The largest absolute Gasteiger partial charge is 0.350 e. The Labute approximate surface area is 161 Å². The highest BCUT2D eigenvalue weighted by molar-refractivity contribution is 7.89. The van der Waals surface area contributed by atoms with Gasteiger partial charge in [-0.3, -0.25) is 4.79 Å². The Morgan fingerprint density at radius 1 is 1.15 bits per heavy atom. The van der Waals surface area contributed by atoms with E-state index in [1.54, 1.807) is 60.7 Å². The SMILES string of the molecule is C=CCN(Cc1ccc(C(=O)N[C@H](C)CC)cc1)S(=O)(=O)c1ccccc1. The standard InChI is InChI=1S/C21H26N2O3S/c1-4-15-23(27(25,26)20-9-7-6-8-10-20)16-18-11-13-19(14-12-18)21(24)22-17(3)5-2/h4,6-14,17H,1,5,15-16H2,2-3H3,(H,22,24)/t17-/m1/s1. The summed E-state index contributed by atoms with van der Waals surface area (Å²) in [7, 11) is -3.62. The summed E-state index contributed by atoms with van der Waals surface area (Å²) in [5, 5.41) is 2.91. The molecule has 1 N–H and O–H groups in total. The summed E-state index contributed by atoms with van der Waals surface area (Å²) in [5.41, 5.74) is 1.36. The fourth-order valence-corrected chi connectivity index (χ4v) is 3.93. The van der Waals surface area contributed by atoms with Crippen molar-refractivity contribution in [2.75, 3.05) is 6.54 Å². The van der Waals surface area contributed by atoms with Crippen LogP contribution in [-0.2, 0) is 16.6 Å². The van der Waals surface area contributed by atoms with Crippen LogP contribution in [0, 0.1) is 0 Å². The second-order valence-corrected chi connectivity index (χ2v) is 8.32. The van der Waals surface area contributed by atoms with Crippen molar-refractivity contribution in [3.8, 4) is 0 Å². The molecule has 0 unspecified atom stereocenters. The number of nitrogens with zero attached hydrogens (tertiary/aromatic N) is 1. The van der Waals surface area contributed by atoms with E-state index >= 15 is 0 Å². The van der Waals surface area contributed by atoms with Crippen molar-refractivity contribution < 1.29 is 13.2 Å². The lowest BCUT2D eigenvalue weighted by atomic mass is 10.1. The minimum Gasteiger partial charge on any atom is -0.350 e. The molecule has 1 amide bonds. The summed E-state index contributed by atoms with van der Waals surface area (Å²) in [6.45, 7) is 8.03. The molecule has 0 aliphatic heterocycles. The first-order chi connectivity index (χ1) is 12.9. The zero-order valence-corrected chi connectivity index (χ0v) is 16.6. The van der Waals surface area contributed by atoms with Gasteiger partial charge in [-0.05, 0) is 43.2 Å². The van der Waals surface area contributed by atoms with E-state index in [-0.39, 0.29) is 29.9 Å². The summed E-state index contributed by atoms with van der Waals surface area (Å²) >= 11 is 0. The smallest absolute Gasteiger partial charge is 0.251 e. The molecule has 0 bridgehead atoms. The topological polar surface area (TPSA) is 66.5 Å². The third-order valence-corrected chi connectivity index (χ3v) is 6.10. The van der Waals surface area contributed by atoms with E-state index < -0.39 is 10.0 Å². The van der Waals surface area contributed by atoms with E-state index in [1.807, 2.05) is 13.8 Å². The lowest BCUT2D eigenvalue weighted by molar-refractivity contribution is 0.0939. The van der Waals surface area contributed by atoms with E-state index in [9.17, 15) is 13.2 Å². The number of sulfonamides is 1. The number of benzene rings is 2. The number of carbonyl (C=O) groups excluding carboxylic acids is 1. The fraction of sp³-hybridized carbons (Fsp3) is 0.286. The molecule has 0 saturated heterocycles. The van der Waals surface area contributed by atoms with Crippen molar-refractivity contribution in [3.63, 3.8) is 0 Å². The Morgan fingerprint density at radius 2 is 1.78 bits per heavy atom. The minimum absolute atomic E-state index is 0.108. The molecule has 0 aliphatic carbocycles. The third-order valence-electron chi connectivity index (χ3n) is 4.28. The normalized spacial score (nSPS) is 12.6. The number of nitrogens with one attached hydrogen (secondary N) is 1. The highest BCUT2D eigenvalue weighted by Crippen LogP contribution is 2.18. The van der Waals surface area contributed by atoms with Crippen LogP contribution >= 0.6 is 0 Å². The van der Waals surface area contributed by atoms with Crippen molar-refractivity contribution in [3.05, 3.63) is 78.4 Å². The van der Waals surface area contributed by atoms with Gasteiger partial charge in [-0.25, -0.2) is 8.42 Å². The van der Waals surface area contributed by atoms with E-state index in [0.717, 1.165) is 12.0 Å². The van der Waals surface area contributed by atoms with E-state index in [0.29, 0.717) is 5.56 Å². The van der Waals surface area contributed by atoms with Crippen molar-refractivity contribution in [2.24, 2.45) is 0 Å². The molecule has 0 aromatic heterocycles. The Hall–Kier alpha value is -2.44. The first kappa shape index (κ1) is 20.9. The molecule has 5 nitrogen and oxygen atoms in total. The van der Waals surface area contributed by atoms with Gasteiger partial charge in [0.15, 0.2) is 0 Å². The molecule has 2 aromatic rings. The van der Waals surface area contributed by atoms with Gasteiger partial charge in [-0.15, -0.1) is 6.58 Å². The lowest BCUT2D eigenvalue weighted by Gasteiger charge is -2.21. The molecule has 0 saturated carbocycles. The molecular weight excluding hydrogens is 360 g/mol. The first-order valence-electron chi connectivity index (χ1n) is 8.94. The second-order valence-electron chi connectivity index (χ2n) is 6.38. The van der Waals surface area contributed by atoms with Gasteiger partial charge in [0.2, 0.25) is 10.0 Å². The Morgan fingerprint density at radius 3 is 2.33 bits per heavy atom. The monoisotopic (exact) mass is 386 g/mol. The molecule has 1 atom stereocenters. The zero-order chi connectivity index (χ0) is 19.9. The summed E-state index contributed by atoms with van der Waals surface area (Å²) in [6, 6.07) is 15.4. The number of hydrogen-bond acceptors (Lipinski definition) is 3. The van der Waals surface area contributed by atoms with Gasteiger partial charge in [-0.1, -0.05) is 43.3 Å². The molecule has 0 aliphatic rings. The van der Waals surface area contributed by atoms with Crippen LogP contribution in [0.3, 0.4) is 0 Å². The maximum Gasteiger partial charge on any atom is 0.251 e. The Bertz CT molecular complexity index is 862. The van der Waals surface area contributed by atoms with Gasteiger partial charge in [0.05, 0.1) is 4.90 Å². The van der Waals surface area contributed by atoms with Crippen molar-refractivity contribution in [1.82, 2.24) is 9.62 Å². The lowest BCUT2D eigenvalue weighted by Crippen LogP contribution is -2.32. The molecule has 144 valence electrons. The summed E-state index contributed by atoms with van der Waals surface area (Å²) in [4.78, 5) is 12.4. The van der Waals surface area contributed by atoms with E-state index in [1.165, 1.54) is 4.31 Å². The van der Waals surface area contributed by atoms with Gasteiger partial charge in [0.1, 0.15) is 0 Å². The van der Waals surface area contributed by atoms with Crippen LogP contribution in [-0.4, -0.2) is 31.2 Å². The van der Waals surface area contributed by atoms with Crippen LogP contribution in [0.2, 0.25) is 0 Å². The quantitative estimate of drug-likeness (QED) is 0.670. The van der Waals surface area contributed by atoms with Gasteiger partial charge in [-0.2, -0.15) is 4.31 Å². The number of hydrogen-bond donors (Lipinski definition) is 1. The molecule has 2 rings (SSSR count). The number of amides is 1. The van der Waals surface area contributed by atoms with Gasteiger partial charge in [0, 0.05) is 24.7 Å². The van der Waals surface area contributed by atoms with Crippen molar-refractivity contribution >= 4 is 15.9 Å². The Balaban J connectivity index is 2.17. The number of rotatable bonds is 9. The molecule has 2 aromatic carbocycles. The summed E-state index contributed by atoms with van der Waals surface area (Å²) < 4.78 is 27.1. The van der Waals surface area contributed by atoms with Crippen LogP contribution < -0.4 is 5.32 Å². The minimum atomic E-state index is -3.62. The molecular formula is C21H26N2O3S. The highest BCUT2D eigenvalue weighted by atomic mass is 32.2. The van der Waals surface area contributed by atoms with Gasteiger partial charge in [0.25, 0.3) is 5.91 Å². The Kier molecular flexibility index (Phi) is 7.33. The average Bonchev–Trinajstić information content (AvgIpc) is 2.68. The zero-order valence-electron chi connectivity index (χ0n) is 15.8. The molecule has 0 spiro atoms. The third kappa shape index (κ3) is 5.52. The maximum atomic E-state index is 12.9. The van der Waals surface area contributed by atoms with E-state index in [2.05, 4.69) is 11.9 Å². The molecule has 6 heteroatoms. The average molecular weight is 387 g/mol. The van der Waals surface area contributed by atoms with Crippen LogP contribution in [0.5, 0.6) is 0 Å². The first-order valence-corrected chi connectivity index (χ1v) is 10.4. The van der Waals surface area contributed by atoms with Crippen LogP contribution in [0.15, 0.2) is 72.1 Å². The summed E-state index contributed by atoms with van der Waals surface area (Å²) in [5.74, 6) is -0.129. The predicted octanol–water partition coefficient (Wildman–Crippen LogP) is 3.59. The van der Waals surface area contributed by atoms with Crippen molar-refractivity contribution in [1.29, 1.82) is 0 Å². The summed E-state index contributed by atoms with van der Waals surface area (Å²) in [6.07, 6.45) is 2.42. The highest BCUT2D eigenvalue weighted by Gasteiger charge is 2.23. The second kappa shape index (κ2) is 9.48. The molecule has 27 heavy (non-hydrogen) atoms. The molecule has 0 heterocycles. The van der Waals surface area contributed by atoms with E-state index in [4.69, 9.17) is 0 Å².